The molecule has 0 atom stereocenters. The molecule has 0 aliphatic rings. The topological polar surface area (TPSA) is 45.2 Å². The molecule has 1 aromatic heterocycles. The lowest BCUT2D eigenvalue weighted by atomic mass is 10.2. The minimum absolute atomic E-state index is 0.213. The number of hydrogen-bond acceptors (Lipinski definition) is 3. The molecule has 0 saturated heterocycles. The largest absolute Gasteiger partial charge is 0.357 e. The summed E-state index contributed by atoms with van der Waals surface area (Å²) in [6, 6.07) is 10.9. The Labute approximate surface area is 142 Å². The molecule has 1 N–H and O–H groups in total. The molecule has 122 valence electrons. The molecule has 0 spiro atoms. The van der Waals surface area contributed by atoms with Gasteiger partial charge >= 0.3 is 0 Å². The van der Waals surface area contributed by atoms with Crippen molar-refractivity contribution >= 4 is 29.0 Å². The van der Waals surface area contributed by atoms with Crippen LogP contribution >= 0.6 is 11.6 Å². The second kappa shape index (κ2) is 8.53. The lowest BCUT2D eigenvalue weighted by molar-refractivity contribution is 0.102. The first-order valence-electron chi connectivity index (χ1n) is 7.92. The number of carbonyl (C=O) groups is 1. The summed E-state index contributed by atoms with van der Waals surface area (Å²) in [5.74, 6) is 0.692. The van der Waals surface area contributed by atoms with E-state index in [2.05, 4.69) is 29.0 Å². The Morgan fingerprint density at radius 1 is 1.13 bits per heavy atom. The Balaban J connectivity index is 2.09. The van der Waals surface area contributed by atoms with E-state index in [1.165, 1.54) is 0 Å². The number of aromatic nitrogens is 1. The Kier molecular flexibility index (Phi) is 6.41. The van der Waals surface area contributed by atoms with Gasteiger partial charge in [-0.3, -0.25) is 4.79 Å². The number of benzene rings is 1. The van der Waals surface area contributed by atoms with Gasteiger partial charge in [-0.2, -0.15) is 0 Å². The molecule has 4 nitrogen and oxygen atoms in total. The van der Waals surface area contributed by atoms with Crippen LogP contribution in [0.15, 0.2) is 42.6 Å². The maximum atomic E-state index is 12.3. The third kappa shape index (κ3) is 4.70. The zero-order chi connectivity index (χ0) is 16.7. The van der Waals surface area contributed by atoms with Crippen molar-refractivity contribution in [2.45, 2.75) is 26.7 Å². The minimum Gasteiger partial charge on any atom is -0.357 e. The van der Waals surface area contributed by atoms with Crippen LogP contribution in [-0.2, 0) is 0 Å². The van der Waals surface area contributed by atoms with E-state index < -0.39 is 0 Å². The number of rotatable bonds is 7. The normalized spacial score (nSPS) is 10.4. The van der Waals surface area contributed by atoms with Crippen LogP contribution in [0.4, 0.5) is 11.5 Å². The summed E-state index contributed by atoms with van der Waals surface area (Å²) in [7, 11) is 0. The average molecular weight is 332 g/mol. The summed E-state index contributed by atoms with van der Waals surface area (Å²) in [6.45, 7) is 6.22. The number of halogens is 1. The predicted octanol–water partition coefficient (Wildman–Crippen LogP) is 4.61. The molecule has 0 saturated carbocycles. The summed E-state index contributed by atoms with van der Waals surface area (Å²) in [6.07, 6.45) is 3.74. The third-order valence-corrected chi connectivity index (χ3v) is 3.77. The van der Waals surface area contributed by atoms with Gasteiger partial charge in [0.2, 0.25) is 0 Å². The van der Waals surface area contributed by atoms with Gasteiger partial charge in [0.05, 0.1) is 16.3 Å². The lowest BCUT2D eigenvalue weighted by Gasteiger charge is -2.22. The van der Waals surface area contributed by atoms with Crippen LogP contribution in [0.2, 0.25) is 5.02 Å². The van der Waals surface area contributed by atoms with Gasteiger partial charge in [-0.15, -0.1) is 0 Å². The van der Waals surface area contributed by atoms with E-state index in [0.29, 0.717) is 16.3 Å². The molecular weight excluding hydrogens is 310 g/mol. The van der Waals surface area contributed by atoms with Gasteiger partial charge in [0.15, 0.2) is 0 Å². The second-order valence-electron chi connectivity index (χ2n) is 5.33. The SMILES string of the molecule is CCCN(CCC)c1ccc(C(=O)Nc2ccccc2Cl)cn1. The molecule has 5 heteroatoms. The molecule has 23 heavy (non-hydrogen) atoms. The number of para-hydroxylation sites is 1. The number of nitrogens with one attached hydrogen (secondary N) is 1. The van der Waals surface area contributed by atoms with Gasteiger partial charge in [0.25, 0.3) is 5.91 Å². The van der Waals surface area contributed by atoms with Crippen molar-refractivity contribution in [3.05, 3.63) is 53.2 Å². The molecule has 0 bridgehead atoms. The fraction of sp³-hybridized carbons (Fsp3) is 0.333. The van der Waals surface area contributed by atoms with Crippen molar-refractivity contribution in [2.75, 3.05) is 23.3 Å². The monoisotopic (exact) mass is 331 g/mol. The van der Waals surface area contributed by atoms with Crippen LogP contribution in [0.25, 0.3) is 0 Å². The smallest absolute Gasteiger partial charge is 0.257 e. The Morgan fingerprint density at radius 2 is 1.83 bits per heavy atom. The van der Waals surface area contributed by atoms with E-state index in [4.69, 9.17) is 11.6 Å². The molecule has 2 rings (SSSR count). The van der Waals surface area contributed by atoms with E-state index in [-0.39, 0.29) is 5.91 Å². The minimum atomic E-state index is -0.213. The highest BCUT2D eigenvalue weighted by molar-refractivity contribution is 6.33. The quantitative estimate of drug-likeness (QED) is 0.805. The molecule has 1 amide bonds. The van der Waals surface area contributed by atoms with Gasteiger partial charge in [-0.25, -0.2) is 4.98 Å². The second-order valence-corrected chi connectivity index (χ2v) is 5.73. The zero-order valence-corrected chi connectivity index (χ0v) is 14.3. The fourth-order valence-corrected chi connectivity index (χ4v) is 2.53. The molecule has 1 heterocycles. The van der Waals surface area contributed by atoms with Gasteiger partial charge in [0, 0.05) is 19.3 Å². The van der Waals surface area contributed by atoms with Crippen molar-refractivity contribution in [3.8, 4) is 0 Å². The van der Waals surface area contributed by atoms with Crippen molar-refractivity contribution in [1.82, 2.24) is 4.98 Å². The summed E-state index contributed by atoms with van der Waals surface area (Å²) in [5.41, 5.74) is 1.11. The molecule has 0 unspecified atom stereocenters. The standard InChI is InChI=1S/C18H22ClN3O/c1-3-11-22(12-4-2)17-10-9-14(13-20-17)18(23)21-16-8-6-5-7-15(16)19/h5-10,13H,3-4,11-12H2,1-2H3,(H,21,23). The van der Waals surface area contributed by atoms with Crippen LogP contribution in [0.1, 0.15) is 37.0 Å². The highest BCUT2D eigenvalue weighted by atomic mass is 35.5. The van der Waals surface area contributed by atoms with Crippen LogP contribution < -0.4 is 10.2 Å². The van der Waals surface area contributed by atoms with Crippen molar-refractivity contribution < 1.29 is 4.79 Å². The Bertz CT molecular complexity index is 637. The lowest BCUT2D eigenvalue weighted by Crippen LogP contribution is -2.26. The Hall–Kier alpha value is -2.07. The van der Waals surface area contributed by atoms with E-state index in [1.807, 2.05) is 18.2 Å². The number of hydrogen-bond donors (Lipinski definition) is 1. The fourth-order valence-electron chi connectivity index (χ4n) is 2.35. The summed E-state index contributed by atoms with van der Waals surface area (Å²) < 4.78 is 0. The molecular formula is C18H22ClN3O. The number of pyridine rings is 1. The molecule has 0 fully saturated rings. The van der Waals surface area contributed by atoms with E-state index in [1.54, 1.807) is 24.4 Å². The third-order valence-electron chi connectivity index (χ3n) is 3.44. The summed E-state index contributed by atoms with van der Waals surface area (Å²) in [4.78, 5) is 18.9. The zero-order valence-electron chi connectivity index (χ0n) is 13.6. The molecule has 0 radical (unpaired) electrons. The van der Waals surface area contributed by atoms with Crippen LogP contribution in [0.5, 0.6) is 0 Å². The Morgan fingerprint density at radius 3 is 2.39 bits per heavy atom. The van der Waals surface area contributed by atoms with Crippen LogP contribution in [0, 0.1) is 0 Å². The highest BCUT2D eigenvalue weighted by Crippen LogP contribution is 2.21. The maximum Gasteiger partial charge on any atom is 0.257 e. The van der Waals surface area contributed by atoms with Crippen molar-refractivity contribution in [2.24, 2.45) is 0 Å². The first kappa shape index (κ1) is 17.3. The van der Waals surface area contributed by atoms with Gasteiger partial charge < -0.3 is 10.2 Å². The predicted molar refractivity (Wildman–Crippen MR) is 96.4 cm³/mol. The van der Waals surface area contributed by atoms with Gasteiger partial charge in [-0.05, 0) is 37.1 Å². The van der Waals surface area contributed by atoms with Crippen molar-refractivity contribution in [1.29, 1.82) is 0 Å². The van der Waals surface area contributed by atoms with E-state index in [0.717, 1.165) is 31.7 Å². The van der Waals surface area contributed by atoms with E-state index in [9.17, 15) is 4.79 Å². The number of anilines is 2. The molecule has 2 aromatic rings. The molecule has 1 aromatic carbocycles. The van der Waals surface area contributed by atoms with E-state index >= 15 is 0 Å². The average Bonchev–Trinajstić information content (AvgIpc) is 2.57. The number of amides is 1. The highest BCUT2D eigenvalue weighted by Gasteiger charge is 2.11. The number of nitrogens with zero attached hydrogens (tertiary/aromatic N) is 2. The van der Waals surface area contributed by atoms with Gasteiger partial charge in [0.1, 0.15) is 5.82 Å². The van der Waals surface area contributed by atoms with Gasteiger partial charge in [-0.1, -0.05) is 37.6 Å². The summed E-state index contributed by atoms with van der Waals surface area (Å²) >= 11 is 6.06. The molecule has 0 aliphatic carbocycles. The van der Waals surface area contributed by atoms with Crippen LogP contribution in [-0.4, -0.2) is 24.0 Å². The first-order chi connectivity index (χ1) is 11.2. The number of carbonyl (C=O) groups excluding carboxylic acids is 1. The van der Waals surface area contributed by atoms with Crippen molar-refractivity contribution in [3.63, 3.8) is 0 Å². The van der Waals surface area contributed by atoms with Crippen LogP contribution in [0.3, 0.4) is 0 Å². The molecule has 0 aliphatic heterocycles. The maximum absolute atomic E-state index is 12.3. The summed E-state index contributed by atoms with van der Waals surface area (Å²) in [5, 5.41) is 3.32. The first-order valence-corrected chi connectivity index (χ1v) is 8.30.